The van der Waals surface area contributed by atoms with Crippen molar-refractivity contribution < 1.29 is 9.53 Å². The lowest BCUT2D eigenvalue weighted by Crippen LogP contribution is -2.21. The van der Waals surface area contributed by atoms with Gasteiger partial charge < -0.3 is 4.74 Å². The lowest BCUT2D eigenvalue weighted by Gasteiger charge is -2.22. The Hall–Kier alpha value is -2.37. The number of aromatic nitrogens is 1. The topological polar surface area (TPSA) is 51.2 Å². The number of carbonyl (C=O) groups is 1. The van der Waals surface area contributed by atoms with Gasteiger partial charge in [0.05, 0.1) is 5.69 Å². The fraction of sp³-hybridized carbons (Fsp3) is 0.238. The molecule has 0 aliphatic carbocycles. The normalized spacial score (nSPS) is 11.3. The fourth-order valence-electron chi connectivity index (χ4n) is 2.63. The van der Waals surface area contributed by atoms with E-state index in [1.807, 2.05) is 53.9 Å². The van der Waals surface area contributed by atoms with E-state index in [-0.39, 0.29) is 17.9 Å². The first-order chi connectivity index (χ1) is 12.8. The van der Waals surface area contributed by atoms with Crippen LogP contribution in [-0.4, -0.2) is 17.5 Å². The maximum atomic E-state index is 12.3. The van der Waals surface area contributed by atoms with Gasteiger partial charge >= 0.3 is 0 Å². The van der Waals surface area contributed by atoms with Gasteiger partial charge in [0, 0.05) is 16.0 Å². The second-order valence-electron chi connectivity index (χ2n) is 7.10. The van der Waals surface area contributed by atoms with Crippen LogP contribution in [-0.2, 0) is 10.2 Å². The minimum Gasteiger partial charge on any atom is -0.483 e. The number of anilines is 1. The Morgan fingerprint density at radius 1 is 1.15 bits per heavy atom. The number of nitrogens with one attached hydrogen (secondary N) is 1. The Balaban J connectivity index is 1.64. The summed E-state index contributed by atoms with van der Waals surface area (Å²) in [6.45, 7) is 6.26. The first-order valence-electron chi connectivity index (χ1n) is 8.57. The Morgan fingerprint density at radius 2 is 1.85 bits per heavy atom. The second kappa shape index (κ2) is 8.11. The van der Waals surface area contributed by atoms with E-state index in [2.05, 4.69) is 31.1 Å². The van der Waals surface area contributed by atoms with Gasteiger partial charge in [0.15, 0.2) is 11.7 Å². The minimum atomic E-state index is -0.251. The number of nitrogens with zero attached hydrogens (tertiary/aromatic N) is 1. The van der Waals surface area contributed by atoms with Crippen LogP contribution in [0.15, 0.2) is 53.9 Å². The van der Waals surface area contributed by atoms with Crippen LogP contribution in [0.4, 0.5) is 5.13 Å². The van der Waals surface area contributed by atoms with Gasteiger partial charge in [-0.3, -0.25) is 10.1 Å². The number of carbonyl (C=O) groups excluding carboxylic acids is 1. The van der Waals surface area contributed by atoms with Gasteiger partial charge in [-0.2, -0.15) is 0 Å². The van der Waals surface area contributed by atoms with E-state index in [4.69, 9.17) is 16.3 Å². The van der Waals surface area contributed by atoms with Gasteiger partial charge in [0.25, 0.3) is 5.91 Å². The predicted molar refractivity (Wildman–Crippen MR) is 112 cm³/mol. The van der Waals surface area contributed by atoms with Crippen molar-refractivity contribution in [2.75, 3.05) is 11.9 Å². The smallest absolute Gasteiger partial charge is 0.264 e. The molecule has 2 aromatic carbocycles. The molecule has 4 nitrogen and oxygen atoms in total. The summed E-state index contributed by atoms with van der Waals surface area (Å²) in [7, 11) is 0. The summed E-state index contributed by atoms with van der Waals surface area (Å²) < 4.78 is 5.75. The summed E-state index contributed by atoms with van der Waals surface area (Å²) >= 11 is 7.55. The van der Waals surface area contributed by atoms with Crippen molar-refractivity contribution in [1.82, 2.24) is 4.98 Å². The maximum absolute atomic E-state index is 12.3. The number of benzene rings is 2. The first-order valence-corrected chi connectivity index (χ1v) is 9.83. The van der Waals surface area contributed by atoms with Crippen LogP contribution in [0.1, 0.15) is 26.3 Å². The number of hydrogen-bond donors (Lipinski definition) is 1. The van der Waals surface area contributed by atoms with Crippen LogP contribution in [0.2, 0.25) is 5.02 Å². The molecule has 140 valence electrons. The van der Waals surface area contributed by atoms with E-state index in [1.165, 1.54) is 11.3 Å². The third-order valence-electron chi connectivity index (χ3n) is 3.95. The molecule has 0 radical (unpaired) electrons. The molecule has 0 aliphatic heterocycles. The summed E-state index contributed by atoms with van der Waals surface area (Å²) in [6, 6.07) is 15.3. The van der Waals surface area contributed by atoms with E-state index >= 15 is 0 Å². The molecule has 0 saturated heterocycles. The monoisotopic (exact) mass is 400 g/mol. The van der Waals surface area contributed by atoms with Gasteiger partial charge in [-0.1, -0.05) is 68.8 Å². The number of para-hydroxylation sites is 1. The highest BCUT2D eigenvalue weighted by molar-refractivity contribution is 7.14. The van der Waals surface area contributed by atoms with Crippen molar-refractivity contribution >= 4 is 34.0 Å². The average Bonchev–Trinajstić information content (AvgIpc) is 3.08. The highest BCUT2D eigenvalue weighted by Crippen LogP contribution is 2.32. The zero-order valence-corrected chi connectivity index (χ0v) is 17.0. The molecule has 0 unspecified atom stereocenters. The molecular weight excluding hydrogens is 380 g/mol. The average molecular weight is 401 g/mol. The third kappa shape index (κ3) is 4.87. The number of thiazole rings is 1. The molecule has 0 aliphatic rings. The predicted octanol–water partition coefficient (Wildman–Crippen LogP) is 5.78. The Kier molecular flexibility index (Phi) is 5.82. The van der Waals surface area contributed by atoms with Crippen molar-refractivity contribution in [2.24, 2.45) is 0 Å². The molecule has 3 rings (SSSR count). The van der Waals surface area contributed by atoms with Crippen LogP contribution >= 0.6 is 22.9 Å². The van der Waals surface area contributed by atoms with E-state index in [1.54, 1.807) is 0 Å². The molecule has 3 aromatic rings. The molecule has 0 spiro atoms. The standard InChI is InChI=1S/C21H21ClN2O2S/c1-21(2,3)15-9-5-7-11-18(15)26-12-19(25)24-20-23-17(13-27-20)14-8-4-6-10-16(14)22/h4-11,13H,12H2,1-3H3,(H,23,24,25). The third-order valence-corrected chi connectivity index (χ3v) is 5.04. The SMILES string of the molecule is CC(C)(C)c1ccccc1OCC(=O)Nc1nc(-c2ccccc2Cl)cs1. The summed E-state index contributed by atoms with van der Waals surface area (Å²) in [4.78, 5) is 16.7. The lowest BCUT2D eigenvalue weighted by atomic mass is 9.86. The number of rotatable bonds is 5. The van der Waals surface area contributed by atoms with Gasteiger partial charge in [0.2, 0.25) is 0 Å². The summed E-state index contributed by atoms with van der Waals surface area (Å²) in [5.74, 6) is 0.467. The molecule has 0 atom stereocenters. The Morgan fingerprint density at radius 3 is 2.59 bits per heavy atom. The van der Waals surface area contributed by atoms with Crippen LogP contribution in [0.3, 0.4) is 0 Å². The van der Waals surface area contributed by atoms with Crippen molar-refractivity contribution in [3.05, 3.63) is 64.5 Å². The summed E-state index contributed by atoms with van der Waals surface area (Å²) in [5, 5.41) is 5.79. The van der Waals surface area contributed by atoms with Crippen LogP contribution in [0.5, 0.6) is 5.75 Å². The number of amides is 1. The quantitative estimate of drug-likeness (QED) is 0.590. The zero-order valence-electron chi connectivity index (χ0n) is 15.5. The van der Waals surface area contributed by atoms with Gasteiger partial charge in [-0.05, 0) is 23.1 Å². The fourth-order valence-corrected chi connectivity index (χ4v) is 3.59. The van der Waals surface area contributed by atoms with Gasteiger partial charge in [-0.25, -0.2) is 4.98 Å². The van der Waals surface area contributed by atoms with Crippen LogP contribution in [0, 0.1) is 0 Å². The van der Waals surface area contributed by atoms with Crippen molar-refractivity contribution in [3.63, 3.8) is 0 Å². The summed E-state index contributed by atoms with van der Waals surface area (Å²) in [6.07, 6.45) is 0. The van der Waals surface area contributed by atoms with Gasteiger partial charge in [-0.15, -0.1) is 11.3 Å². The first kappa shape index (κ1) is 19.4. The molecule has 0 fully saturated rings. The zero-order chi connectivity index (χ0) is 19.4. The summed E-state index contributed by atoms with van der Waals surface area (Å²) in [5.41, 5.74) is 2.57. The van der Waals surface area contributed by atoms with Gasteiger partial charge in [0.1, 0.15) is 5.75 Å². The molecule has 27 heavy (non-hydrogen) atoms. The Labute approximate surface area is 168 Å². The molecule has 1 heterocycles. The van der Waals surface area contributed by atoms with Crippen LogP contribution < -0.4 is 10.1 Å². The van der Waals surface area contributed by atoms with E-state index < -0.39 is 0 Å². The van der Waals surface area contributed by atoms with Crippen molar-refractivity contribution in [3.8, 4) is 17.0 Å². The molecule has 0 bridgehead atoms. The minimum absolute atomic E-state index is 0.0633. The molecule has 1 amide bonds. The van der Waals surface area contributed by atoms with E-state index in [0.29, 0.717) is 10.2 Å². The number of ether oxygens (including phenoxy) is 1. The van der Waals surface area contributed by atoms with E-state index in [0.717, 1.165) is 22.6 Å². The number of halogens is 1. The molecule has 1 aromatic heterocycles. The molecule has 1 N–H and O–H groups in total. The number of hydrogen-bond acceptors (Lipinski definition) is 4. The van der Waals surface area contributed by atoms with Crippen LogP contribution in [0.25, 0.3) is 11.3 Å². The molecular formula is C21H21ClN2O2S. The molecule has 0 saturated carbocycles. The molecule has 6 heteroatoms. The highest BCUT2D eigenvalue weighted by Gasteiger charge is 2.19. The van der Waals surface area contributed by atoms with Crippen molar-refractivity contribution in [1.29, 1.82) is 0 Å². The highest BCUT2D eigenvalue weighted by atomic mass is 35.5. The lowest BCUT2D eigenvalue weighted by molar-refractivity contribution is -0.118. The van der Waals surface area contributed by atoms with Crippen molar-refractivity contribution in [2.45, 2.75) is 26.2 Å². The Bertz CT molecular complexity index is 947. The maximum Gasteiger partial charge on any atom is 0.264 e. The van der Waals surface area contributed by atoms with E-state index in [9.17, 15) is 4.79 Å². The largest absolute Gasteiger partial charge is 0.483 e. The second-order valence-corrected chi connectivity index (χ2v) is 8.37.